The fourth-order valence-electron chi connectivity index (χ4n) is 2.11. The van der Waals surface area contributed by atoms with Gasteiger partial charge < -0.3 is 9.90 Å². The molecule has 0 heterocycles. The summed E-state index contributed by atoms with van der Waals surface area (Å²) in [6, 6.07) is 0. The van der Waals surface area contributed by atoms with Crippen molar-refractivity contribution in [3.8, 4) is 0 Å². The molecule has 0 amide bonds. The van der Waals surface area contributed by atoms with Gasteiger partial charge in [-0.2, -0.15) is 0 Å². The maximum Gasteiger partial charge on any atom is 1.00 e. The Morgan fingerprint density at radius 2 is 1.06 bits per heavy atom. The van der Waals surface area contributed by atoms with Gasteiger partial charge in [-0.25, -0.2) is 0 Å². The molecule has 0 aliphatic carbocycles. The summed E-state index contributed by atoms with van der Waals surface area (Å²) < 4.78 is 0. The predicted molar refractivity (Wildman–Crippen MR) is 70.7 cm³/mol. The summed E-state index contributed by atoms with van der Waals surface area (Å²) in [4.78, 5) is 10.2. The molecule has 0 aliphatic heterocycles. The summed E-state index contributed by atoms with van der Waals surface area (Å²) in [6.45, 7) is 2.25. The van der Waals surface area contributed by atoms with E-state index in [9.17, 15) is 9.90 Å². The van der Waals surface area contributed by atoms with Crippen LogP contribution < -0.4 is 34.7 Å². The first-order valence-corrected chi connectivity index (χ1v) is 7.47. The van der Waals surface area contributed by atoms with Crippen molar-refractivity contribution in [3.05, 3.63) is 0 Å². The number of carbonyl (C=O) groups is 1. The average molecular weight is 264 g/mol. The first-order chi connectivity index (χ1) is 8.27. The van der Waals surface area contributed by atoms with Gasteiger partial charge in [0.05, 0.1) is 0 Å². The second-order valence-corrected chi connectivity index (χ2v) is 5.01. The quantitative estimate of drug-likeness (QED) is 0.365. The summed E-state index contributed by atoms with van der Waals surface area (Å²) >= 11 is 0. The van der Waals surface area contributed by atoms with Crippen LogP contribution in [0.4, 0.5) is 0 Å². The topological polar surface area (TPSA) is 40.1 Å². The number of carboxylic acid groups (broad SMARTS) is 1. The van der Waals surface area contributed by atoms with Crippen molar-refractivity contribution in [3.63, 3.8) is 0 Å². The van der Waals surface area contributed by atoms with Gasteiger partial charge in [0, 0.05) is 5.97 Å². The zero-order valence-corrected chi connectivity index (χ0v) is 14.5. The van der Waals surface area contributed by atoms with Crippen LogP contribution in [0.1, 0.15) is 90.4 Å². The molecule has 0 aliphatic rings. The number of rotatable bonds is 13. The van der Waals surface area contributed by atoms with Crippen LogP contribution in [0, 0.1) is 0 Å². The number of carboxylic acids is 1. The van der Waals surface area contributed by atoms with E-state index in [0.717, 1.165) is 12.8 Å². The standard InChI is InChI=1S/C15H30O2.Na/c1-2-3-4-5-6-7-8-9-10-11-12-13-14-15(16)17;/h2-14H2,1H3,(H,16,17);/q;+1/p-1. The van der Waals surface area contributed by atoms with Crippen LogP contribution in [-0.4, -0.2) is 5.97 Å². The van der Waals surface area contributed by atoms with Crippen molar-refractivity contribution in [1.82, 2.24) is 0 Å². The monoisotopic (exact) mass is 264 g/mol. The van der Waals surface area contributed by atoms with Gasteiger partial charge in [-0.05, 0) is 12.8 Å². The summed E-state index contributed by atoms with van der Waals surface area (Å²) in [5.74, 6) is -0.905. The van der Waals surface area contributed by atoms with Crippen molar-refractivity contribution in [1.29, 1.82) is 0 Å². The Bertz CT molecular complexity index is 172. The minimum absolute atomic E-state index is 0. The molecular formula is C15H29NaO2. The van der Waals surface area contributed by atoms with E-state index in [1.165, 1.54) is 64.2 Å². The van der Waals surface area contributed by atoms with Crippen LogP contribution >= 0.6 is 0 Å². The molecule has 0 aromatic carbocycles. The normalized spacial score (nSPS) is 10.1. The van der Waals surface area contributed by atoms with Gasteiger partial charge in [0.15, 0.2) is 0 Å². The molecule has 18 heavy (non-hydrogen) atoms. The molecule has 0 radical (unpaired) electrons. The third-order valence-electron chi connectivity index (χ3n) is 3.23. The van der Waals surface area contributed by atoms with Crippen molar-refractivity contribution in [2.75, 3.05) is 0 Å². The molecule has 0 spiro atoms. The van der Waals surface area contributed by atoms with Gasteiger partial charge in [0.2, 0.25) is 0 Å². The largest absolute Gasteiger partial charge is 1.00 e. The molecule has 3 heteroatoms. The van der Waals surface area contributed by atoms with Gasteiger partial charge in [-0.3, -0.25) is 0 Å². The van der Waals surface area contributed by atoms with Gasteiger partial charge in [-0.1, -0.05) is 77.6 Å². The Morgan fingerprint density at radius 3 is 1.39 bits per heavy atom. The van der Waals surface area contributed by atoms with E-state index in [2.05, 4.69) is 6.92 Å². The Morgan fingerprint density at radius 1 is 0.722 bits per heavy atom. The Hall–Kier alpha value is 0.470. The van der Waals surface area contributed by atoms with E-state index < -0.39 is 5.97 Å². The first kappa shape index (κ1) is 20.8. The summed E-state index contributed by atoms with van der Waals surface area (Å²) in [5, 5.41) is 10.2. The van der Waals surface area contributed by atoms with Gasteiger partial charge in [-0.15, -0.1) is 0 Å². The predicted octanol–water partition coefficient (Wildman–Crippen LogP) is 0.832. The van der Waals surface area contributed by atoms with Crippen molar-refractivity contribution in [2.24, 2.45) is 0 Å². The molecule has 0 bridgehead atoms. The van der Waals surface area contributed by atoms with E-state index in [4.69, 9.17) is 0 Å². The van der Waals surface area contributed by atoms with Crippen LogP contribution in [0.2, 0.25) is 0 Å². The van der Waals surface area contributed by atoms with Gasteiger partial charge >= 0.3 is 29.6 Å². The maximum atomic E-state index is 10.2. The fourth-order valence-corrected chi connectivity index (χ4v) is 2.11. The molecular weight excluding hydrogens is 235 g/mol. The van der Waals surface area contributed by atoms with Crippen LogP contribution in [0.3, 0.4) is 0 Å². The van der Waals surface area contributed by atoms with Gasteiger partial charge in [0.1, 0.15) is 0 Å². The molecule has 0 aromatic heterocycles. The molecule has 0 saturated heterocycles. The van der Waals surface area contributed by atoms with Gasteiger partial charge in [0.25, 0.3) is 0 Å². The van der Waals surface area contributed by atoms with E-state index in [1.54, 1.807) is 0 Å². The fraction of sp³-hybridized carbons (Fsp3) is 0.933. The van der Waals surface area contributed by atoms with E-state index in [0.29, 0.717) is 0 Å². The molecule has 0 atom stereocenters. The minimum Gasteiger partial charge on any atom is -0.550 e. The summed E-state index contributed by atoms with van der Waals surface area (Å²) in [5.41, 5.74) is 0. The molecule has 0 fully saturated rings. The van der Waals surface area contributed by atoms with E-state index in [1.807, 2.05) is 0 Å². The number of hydrogen-bond donors (Lipinski definition) is 0. The van der Waals surface area contributed by atoms with Crippen LogP contribution in [-0.2, 0) is 4.79 Å². The second-order valence-electron chi connectivity index (χ2n) is 5.01. The average Bonchev–Trinajstić information content (AvgIpc) is 2.30. The van der Waals surface area contributed by atoms with E-state index >= 15 is 0 Å². The van der Waals surface area contributed by atoms with Crippen molar-refractivity contribution < 1.29 is 39.5 Å². The van der Waals surface area contributed by atoms with E-state index in [-0.39, 0.29) is 36.0 Å². The molecule has 0 aromatic rings. The smallest absolute Gasteiger partial charge is 0.550 e. The van der Waals surface area contributed by atoms with Crippen molar-refractivity contribution in [2.45, 2.75) is 90.4 Å². The molecule has 0 N–H and O–H groups in total. The second kappa shape index (κ2) is 17.5. The Labute approximate surface area is 135 Å². The van der Waals surface area contributed by atoms with Crippen LogP contribution in [0.5, 0.6) is 0 Å². The molecule has 0 rings (SSSR count). The Balaban J connectivity index is 0. The molecule has 2 nitrogen and oxygen atoms in total. The first-order valence-electron chi connectivity index (χ1n) is 7.47. The maximum absolute atomic E-state index is 10.2. The number of aliphatic carboxylic acids is 1. The number of hydrogen-bond acceptors (Lipinski definition) is 2. The third kappa shape index (κ3) is 18.8. The number of carbonyl (C=O) groups excluding carboxylic acids is 1. The molecule has 0 unspecified atom stereocenters. The number of unbranched alkanes of at least 4 members (excludes halogenated alkanes) is 11. The summed E-state index contributed by atoms with van der Waals surface area (Å²) in [7, 11) is 0. The molecule has 0 saturated carbocycles. The van der Waals surface area contributed by atoms with Crippen molar-refractivity contribution >= 4 is 5.97 Å². The Kier molecular flexibility index (Phi) is 20.2. The summed E-state index contributed by atoms with van der Waals surface area (Å²) in [6.07, 6.45) is 15.5. The third-order valence-corrected chi connectivity index (χ3v) is 3.23. The zero-order valence-electron chi connectivity index (χ0n) is 12.5. The SMILES string of the molecule is CCCCCCCCCCCCCCC(=O)[O-].[Na+]. The van der Waals surface area contributed by atoms with Crippen LogP contribution in [0.15, 0.2) is 0 Å². The van der Waals surface area contributed by atoms with Crippen LogP contribution in [0.25, 0.3) is 0 Å². The zero-order chi connectivity index (χ0) is 12.8. The molecule has 102 valence electrons. The minimum atomic E-state index is -0.905.